The number of carboxylic acid groups (broad SMARTS) is 2. The fraction of sp³-hybridized carbons (Fsp3) is 0.444. The van der Waals surface area contributed by atoms with E-state index < -0.39 is 11.9 Å². The average molecular weight is 324 g/mol. The molecule has 0 saturated carbocycles. The van der Waals surface area contributed by atoms with Crippen LogP contribution >= 0.6 is 0 Å². The van der Waals surface area contributed by atoms with Crippen LogP contribution in [0.2, 0.25) is 0 Å². The highest BCUT2D eigenvalue weighted by molar-refractivity contribution is 5.87. The van der Waals surface area contributed by atoms with E-state index in [4.69, 9.17) is 14.9 Å². The molecule has 1 aliphatic rings. The van der Waals surface area contributed by atoms with Crippen molar-refractivity contribution < 1.29 is 24.5 Å². The van der Waals surface area contributed by atoms with E-state index in [2.05, 4.69) is 13.2 Å². The zero-order valence-electron chi connectivity index (χ0n) is 14.5. The SMILES string of the molecule is C=C(C)C(=O)O.C=C(CC)OCC1=CC=C(C(=O)O)CC1.CC. The molecule has 0 spiro atoms. The van der Waals surface area contributed by atoms with Gasteiger partial charge < -0.3 is 14.9 Å². The summed E-state index contributed by atoms with van der Waals surface area (Å²) >= 11 is 0. The molecule has 0 atom stereocenters. The summed E-state index contributed by atoms with van der Waals surface area (Å²) in [5.41, 5.74) is 1.76. The van der Waals surface area contributed by atoms with Crippen LogP contribution in [0.25, 0.3) is 0 Å². The molecule has 0 aliphatic heterocycles. The fourth-order valence-electron chi connectivity index (χ4n) is 1.28. The van der Waals surface area contributed by atoms with Crippen molar-refractivity contribution >= 4 is 11.9 Å². The van der Waals surface area contributed by atoms with Gasteiger partial charge in [-0.25, -0.2) is 9.59 Å². The van der Waals surface area contributed by atoms with Crippen LogP contribution in [0.5, 0.6) is 0 Å². The highest BCUT2D eigenvalue weighted by Crippen LogP contribution is 2.19. The predicted octanol–water partition coefficient (Wildman–Crippen LogP) is 4.33. The van der Waals surface area contributed by atoms with E-state index >= 15 is 0 Å². The molecule has 0 unspecified atom stereocenters. The lowest BCUT2D eigenvalue weighted by Crippen LogP contribution is -2.06. The largest absolute Gasteiger partial charge is 0.494 e. The highest BCUT2D eigenvalue weighted by atomic mass is 16.5. The standard InChI is InChI=1S/C12H16O3.C4H6O2.C2H6/c1-3-9(2)15-8-10-4-6-11(7-5-10)12(13)14;1-3(2)4(5)6;1-2/h4,6H,2-3,5,7-8H2,1H3,(H,13,14);1H2,2H3,(H,5,6);1-2H3. The van der Waals surface area contributed by atoms with Gasteiger partial charge in [0.15, 0.2) is 0 Å². The Morgan fingerprint density at radius 1 is 1.17 bits per heavy atom. The monoisotopic (exact) mass is 324 g/mol. The second kappa shape index (κ2) is 13.4. The molecule has 5 heteroatoms. The lowest BCUT2D eigenvalue weighted by Gasteiger charge is -2.13. The molecule has 5 nitrogen and oxygen atoms in total. The third-order valence-electron chi connectivity index (χ3n) is 2.73. The first-order valence-corrected chi connectivity index (χ1v) is 7.59. The first-order chi connectivity index (χ1) is 10.8. The van der Waals surface area contributed by atoms with Crippen molar-refractivity contribution in [2.75, 3.05) is 6.61 Å². The summed E-state index contributed by atoms with van der Waals surface area (Å²) in [6.07, 6.45) is 5.64. The molecular formula is C18H28O5. The van der Waals surface area contributed by atoms with Crippen molar-refractivity contribution in [3.8, 4) is 0 Å². The Labute approximate surface area is 138 Å². The van der Waals surface area contributed by atoms with Crippen LogP contribution in [-0.2, 0) is 14.3 Å². The molecule has 0 aromatic rings. The van der Waals surface area contributed by atoms with Crippen LogP contribution in [0.15, 0.2) is 47.8 Å². The molecule has 0 fully saturated rings. The van der Waals surface area contributed by atoms with Gasteiger partial charge in [0.25, 0.3) is 0 Å². The molecule has 0 aromatic heterocycles. The second-order valence-corrected chi connectivity index (χ2v) is 4.59. The minimum Gasteiger partial charge on any atom is -0.494 e. The molecule has 0 bridgehead atoms. The van der Waals surface area contributed by atoms with Crippen molar-refractivity contribution in [2.45, 2.75) is 47.0 Å². The zero-order valence-corrected chi connectivity index (χ0v) is 14.5. The van der Waals surface area contributed by atoms with Gasteiger partial charge >= 0.3 is 11.9 Å². The summed E-state index contributed by atoms with van der Waals surface area (Å²) in [6.45, 7) is 14.9. The fourth-order valence-corrected chi connectivity index (χ4v) is 1.28. The van der Waals surface area contributed by atoms with Gasteiger partial charge in [0.05, 0.1) is 5.76 Å². The Kier molecular flexibility index (Phi) is 13.4. The summed E-state index contributed by atoms with van der Waals surface area (Å²) in [5.74, 6) is -0.997. The molecule has 0 heterocycles. The maximum Gasteiger partial charge on any atom is 0.331 e. The van der Waals surface area contributed by atoms with Gasteiger partial charge in [0.2, 0.25) is 0 Å². The van der Waals surface area contributed by atoms with E-state index in [1.54, 1.807) is 6.08 Å². The van der Waals surface area contributed by atoms with E-state index in [0.717, 1.165) is 24.2 Å². The van der Waals surface area contributed by atoms with Crippen LogP contribution < -0.4 is 0 Å². The van der Waals surface area contributed by atoms with Crippen molar-refractivity contribution in [1.82, 2.24) is 0 Å². The van der Waals surface area contributed by atoms with Crippen LogP contribution in [0, 0.1) is 0 Å². The Balaban J connectivity index is 0. The molecular weight excluding hydrogens is 296 g/mol. The zero-order chi connectivity index (χ0) is 18.4. The minimum atomic E-state index is -0.935. The number of allylic oxidation sites excluding steroid dienone is 3. The normalized spacial score (nSPS) is 12.2. The summed E-state index contributed by atoms with van der Waals surface area (Å²) in [5, 5.41) is 16.6. The van der Waals surface area contributed by atoms with Crippen LogP contribution in [0.1, 0.15) is 47.0 Å². The number of hydrogen-bond acceptors (Lipinski definition) is 3. The lowest BCUT2D eigenvalue weighted by atomic mass is 9.99. The third kappa shape index (κ3) is 12.0. The van der Waals surface area contributed by atoms with Crippen molar-refractivity contribution in [3.63, 3.8) is 0 Å². The lowest BCUT2D eigenvalue weighted by molar-refractivity contribution is -0.133. The molecule has 2 N–H and O–H groups in total. The third-order valence-corrected chi connectivity index (χ3v) is 2.73. The molecule has 1 aliphatic carbocycles. The Morgan fingerprint density at radius 3 is 2.00 bits per heavy atom. The quantitative estimate of drug-likeness (QED) is 0.561. The maximum atomic E-state index is 10.6. The van der Waals surface area contributed by atoms with Crippen LogP contribution in [-0.4, -0.2) is 28.8 Å². The minimum absolute atomic E-state index is 0.176. The van der Waals surface area contributed by atoms with Gasteiger partial charge in [-0.05, 0) is 25.3 Å². The molecule has 1 rings (SSSR count). The Morgan fingerprint density at radius 2 is 1.70 bits per heavy atom. The Bertz CT molecular complexity index is 472. The van der Waals surface area contributed by atoms with Gasteiger partial charge in [0.1, 0.15) is 6.61 Å². The van der Waals surface area contributed by atoms with E-state index in [1.807, 2.05) is 26.8 Å². The smallest absolute Gasteiger partial charge is 0.331 e. The van der Waals surface area contributed by atoms with E-state index in [0.29, 0.717) is 18.6 Å². The topological polar surface area (TPSA) is 83.8 Å². The van der Waals surface area contributed by atoms with Crippen molar-refractivity contribution in [2.24, 2.45) is 0 Å². The molecule has 0 amide bonds. The van der Waals surface area contributed by atoms with Gasteiger partial charge in [-0.3, -0.25) is 0 Å². The van der Waals surface area contributed by atoms with Gasteiger partial charge in [-0.15, -0.1) is 0 Å². The molecule has 23 heavy (non-hydrogen) atoms. The predicted molar refractivity (Wildman–Crippen MR) is 92.2 cm³/mol. The number of rotatable bonds is 6. The summed E-state index contributed by atoms with van der Waals surface area (Å²) in [6, 6.07) is 0. The van der Waals surface area contributed by atoms with E-state index in [1.165, 1.54) is 6.92 Å². The molecule has 130 valence electrons. The number of carboxylic acids is 2. The van der Waals surface area contributed by atoms with E-state index in [9.17, 15) is 9.59 Å². The van der Waals surface area contributed by atoms with Crippen molar-refractivity contribution in [3.05, 3.63) is 47.8 Å². The van der Waals surface area contributed by atoms with Crippen LogP contribution in [0.4, 0.5) is 0 Å². The Hall–Kier alpha value is -2.30. The average Bonchev–Trinajstić information content (AvgIpc) is 2.55. The maximum absolute atomic E-state index is 10.6. The second-order valence-electron chi connectivity index (χ2n) is 4.59. The highest BCUT2D eigenvalue weighted by Gasteiger charge is 2.12. The van der Waals surface area contributed by atoms with Crippen LogP contribution in [0.3, 0.4) is 0 Å². The van der Waals surface area contributed by atoms with Crippen molar-refractivity contribution in [1.29, 1.82) is 0 Å². The summed E-state index contributed by atoms with van der Waals surface area (Å²) < 4.78 is 5.39. The molecule has 0 radical (unpaired) electrons. The molecule has 0 saturated heterocycles. The number of hydrogen-bond donors (Lipinski definition) is 2. The number of aliphatic carboxylic acids is 2. The van der Waals surface area contributed by atoms with E-state index in [-0.39, 0.29) is 5.57 Å². The number of ether oxygens (including phenoxy) is 1. The summed E-state index contributed by atoms with van der Waals surface area (Å²) in [4.78, 5) is 20.2. The van der Waals surface area contributed by atoms with Gasteiger partial charge in [-0.1, -0.05) is 46.1 Å². The van der Waals surface area contributed by atoms with Gasteiger partial charge in [-0.2, -0.15) is 0 Å². The molecule has 0 aromatic carbocycles. The first-order valence-electron chi connectivity index (χ1n) is 7.59. The summed E-state index contributed by atoms with van der Waals surface area (Å²) in [7, 11) is 0. The number of carbonyl (C=O) groups is 2. The van der Waals surface area contributed by atoms with Gasteiger partial charge in [0, 0.05) is 17.6 Å². The first kappa shape index (κ1) is 23.0.